The summed E-state index contributed by atoms with van der Waals surface area (Å²) in [7, 11) is 0. The molecule has 0 aliphatic carbocycles. The smallest absolute Gasteiger partial charge is 0.262 e. The van der Waals surface area contributed by atoms with Crippen molar-refractivity contribution in [2.45, 2.75) is 13.8 Å². The summed E-state index contributed by atoms with van der Waals surface area (Å²) in [5.74, 6) is 0.0588. The molecule has 7 heteroatoms. The summed E-state index contributed by atoms with van der Waals surface area (Å²) in [6.07, 6.45) is 3.06. The average Bonchev–Trinajstić information content (AvgIpc) is 3.11. The van der Waals surface area contributed by atoms with Crippen LogP contribution >= 0.6 is 0 Å². The number of benzene rings is 2. The summed E-state index contributed by atoms with van der Waals surface area (Å²) in [5.41, 5.74) is 4.53. The van der Waals surface area contributed by atoms with Crippen LogP contribution in [0.5, 0.6) is 5.88 Å². The van der Waals surface area contributed by atoms with E-state index in [2.05, 4.69) is 26.4 Å². The average molecular weight is 373 g/mol. The molecule has 0 saturated heterocycles. The molecule has 0 spiro atoms. The molecule has 28 heavy (non-hydrogen) atoms. The van der Waals surface area contributed by atoms with Gasteiger partial charge >= 0.3 is 0 Å². The minimum atomic E-state index is -0.264. The molecule has 0 fully saturated rings. The van der Waals surface area contributed by atoms with Crippen molar-refractivity contribution in [3.63, 3.8) is 0 Å². The second-order valence-electron chi connectivity index (χ2n) is 6.52. The fourth-order valence-corrected chi connectivity index (χ4v) is 3.05. The Labute approximate surface area is 162 Å². The number of anilines is 1. The molecule has 0 aliphatic rings. The van der Waals surface area contributed by atoms with Crippen LogP contribution in [0, 0.1) is 13.8 Å². The first-order valence-electron chi connectivity index (χ1n) is 8.85. The van der Waals surface area contributed by atoms with E-state index in [4.69, 9.17) is 4.74 Å². The summed E-state index contributed by atoms with van der Waals surface area (Å²) in [6, 6.07) is 15.4. The zero-order valence-electron chi connectivity index (χ0n) is 15.6. The number of aryl methyl sites for hydroxylation is 2. The number of fused-ring (bicyclic) bond motifs is 1. The van der Waals surface area contributed by atoms with Gasteiger partial charge in [0, 0.05) is 5.69 Å². The van der Waals surface area contributed by atoms with Crippen LogP contribution in [-0.4, -0.2) is 32.3 Å². The van der Waals surface area contributed by atoms with Crippen molar-refractivity contribution in [1.29, 1.82) is 0 Å². The lowest BCUT2D eigenvalue weighted by Crippen LogP contribution is -2.20. The lowest BCUT2D eigenvalue weighted by molar-refractivity contribution is -0.118. The number of nitrogens with zero attached hydrogens (tertiary/aromatic N) is 4. The Bertz CT molecular complexity index is 1120. The molecule has 0 saturated carbocycles. The lowest BCUT2D eigenvalue weighted by Gasteiger charge is -2.08. The Morgan fingerprint density at radius 2 is 1.82 bits per heavy atom. The summed E-state index contributed by atoms with van der Waals surface area (Å²) in [4.78, 5) is 20.6. The van der Waals surface area contributed by atoms with E-state index in [-0.39, 0.29) is 12.5 Å². The van der Waals surface area contributed by atoms with E-state index < -0.39 is 0 Å². The fourth-order valence-electron chi connectivity index (χ4n) is 3.05. The van der Waals surface area contributed by atoms with Crippen LogP contribution in [0.1, 0.15) is 11.1 Å². The summed E-state index contributed by atoms with van der Waals surface area (Å²) >= 11 is 0. The monoisotopic (exact) mass is 373 g/mol. The van der Waals surface area contributed by atoms with E-state index in [1.807, 2.05) is 56.3 Å². The number of aromatic nitrogens is 4. The normalized spacial score (nSPS) is 10.8. The molecule has 1 N–H and O–H groups in total. The Balaban J connectivity index is 1.56. The first-order valence-corrected chi connectivity index (χ1v) is 8.85. The molecule has 0 aliphatic heterocycles. The van der Waals surface area contributed by atoms with Gasteiger partial charge in [-0.3, -0.25) is 4.79 Å². The lowest BCUT2D eigenvalue weighted by atomic mass is 10.1. The number of hydrogen-bond acceptors (Lipinski definition) is 5. The molecule has 140 valence electrons. The molecule has 1 amide bonds. The highest BCUT2D eigenvalue weighted by molar-refractivity contribution is 5.92. The van der Waals surface area contributed by atoms with Gasteiger partial charge in [0.15, 0.2) is 12.3 Å². The van der Waals surface area contributed by atoms with E-state index in [0.29, 0.717) is 22.6 Å². The van der Waals surface area contributed by atoms with Gasteiger partial charge in [-0.1, -0.05) is 24.3 Å². The minimum absolute atomic E-state index is 0.157. The topological polar surface area (TPSA) is 81.9 Å². The first kappa shape index (κ1) is 17.7. The fraction of sp³-hybridized carbons (Fsp3) is 0.143. The van der Waals surface area contributed by atoms with E-state index in [0.717, 1.165) is 16.8 Å². The Morgan fingerprint density at radius 3 is 2.57 bits per heavy atom. The van der Waals surface area contributed by atoms with Crippen LogP contribution in [0.3, 0.4) is 0 Å². The van der Waals surface area contributed by atoms with Crippen molar-refractivity contribution in [2.75, 3.05) is 11.9 Å². The molecule has 2 aromatic carbocycles. The second kappa shape index (κ2) is 7.48. The van der Waals surface area contributed by atoms with Crippen LogP contribution in [0.15, 0.2) is 61.1 Å². The maximum atomic E-state index is 12.1. The van der Waals surface area contributed by atoms with Crippen molar-refractivity contribution >= 4 is 22.6 Å². The van der Waals surface area contributed by atoms with Gasteiger partial charge in [-0.25, -0.2) is 14.6 Å². The number of carbonyl (C=O) groups excluding carboxylic acids is 1. The molecule has 4 aromatic rings. The third-order valence-electron chi connectivity index (χ3n) is 4.18. The zero-order valence-corrected chi connectivity index (χ0v) is 15.6. The number of amides is 1. The molecule has 0 radical (unpaired) electrons. The molecule has 0 atom stereocenters. The maximum Gasteiger partial charge on any atom is 0.262 e. The van der Waals surface area contributed by atoms with Gasteiger partial charge in [-0.15, -0.1) is 0 Å². The molecule has 4 rings (SSSR count). The largest absolute Gasteiger partial charge is 0.467 e. The van der Waals surface area contributed by atoms with Crippen molar-refractivity contribution in [2.24, 2.45) is 0 Å². The van der Waals surface area contributed by atoms with E-state index in [1.54, 1.807) is 10.9 Å². The first-order chi connectivity index (χ1) is 13.6. The number of para-hydroxylation sites is 1. The predicted molar refractivity (Wildman–Crippen MR) is 107 cm³/mol. The maximum absolute atomic E-state index is 12.1. The van der Waals surface area contributed by atoms with Gasteiger partial charge in [0.25, 0.3) is 5.91 Å². The summed E-state index contributed by atoms with van der Waals surface area (Å²) in [5, 5.41) is 7.86. The van der Waals surface area contributed by atoms with Crippen LogP contribution in [0.2, 0.25) is 0 Å². The number of rotatable bonds is 5. The third kappa shape index (κ3) is 3.68. The Kier molecular flexibility index (Phi) is 4.72. The van der Waals surface area contributed by atoms with Crippen molar-refractivity contribution < 1.29 is 9.53 Å². The molecule has 2 aromatic heterocycles. The molecule has 2 heterocycles. The Hall–Kier alpha value is -3.74. The SMILES string of the molecule is Cc1cc(C)cc(-n2ncc3c(OCC(=O)Nc4ccccc4)ncnc32)c1. The van der Waals surface area contributed by atoms with Gasteiger partial charge in [0.2, 0.25) is 5.88 Å². The minimum Gasteiger partial charge on any atom is -0.467 e. The highest BCUT2D eigenvalue weighted by Crippen LogP contribution is 2.24. The standard InChI is InChI=1S/C21H19N5O2/c1-14-8-15(2)10-17(9-14)26-20-18(11-24-26)21(23-13-22-20)28-12-19(27)25-16-6-4-3-5-7-16/h3-11,13H,12H2,1-2H3,(H,25,27). The van der Waals surface area contributed by atoms with Gasteiger partial charge in [-0.05, 0) is 49.2 Å². The van der Waals surface area contributed by atoms with E-state index in [1.165, 1.54) is 6.33 Å². The van der Waals surface area contributed by atoms with Gasteiger partial charge in [0.05, 0.1) is 11.9 Å². The van der Waals surface area contributed by atoms with Gasteiger partial charge < -0.3 is 10.1 Å². The predicted octanol–water partition coefficient (Wildman–Crippen LogP) is 3.45. The van der Waals surface area contributed by atoms with Crippen LogP contribution in [0.4, 0.5) is 5.69 Å². The van der Waals surface area contributed by atoms with Crippen LogP contribution in [0.25, 0.3) is 16.7 Å². The second-order valence-corrected chi connectivity index (χ2v) is 6.52. The summed E-state index contributed by atoms with van der Waals surface area (Å²) < 4.78 is 7.38. The molecular weight excluding hydrogens is 354 g/mol. The van der Waals surface area contributed by atoms with Crippen molar-refractivity contribution in [3.8, 4) is 11.6 Å². The molecular formula is C21H19N5O2. The molecule has 0 bridgehead atoms. The van der Waals surface area contributed by atoms with Crippen LogP contribution < -0.4 is 10.1 Å². The molecule has 0 unspecified atom stereocenters. The van der Waals surface area contributed by atoms with E-state index >= 15 is 0 Å². The van der Waals surface area contributed by atoms with Crippen LogP contribution in [-0.2, 0) is 4.79 Å². The zero-order chi connectivity index (χ0) is 19.5. The summed E-state index contributed by atoms with van der Waals surface area (Å²) in [6.45, 7) is 3.92. The molecule has 7 nitrogen and oxygen atoms in total. The highest BCUT2D eigenvalue weighted by Gasteiger charge is 2.14. The van der Waals surface area contributed by atoms with E-state index in [9.17, 15) is 4.79 Å². The van der Waals surface area contributed by atoms with Gasteiger partial charge in [0.1, 0.15) is 11.7 Å². The highest BCUT2D eigenvalue weighted by atomic mass is 16.5. The van der Waals surface area contributed by atoms with Crippen molar-refractivity contribution in [3.05, 3.63) is 72.2 Å². The van der Waals surface area contributed by atoms with Crippen molar-refractivity contribution in [1.82, 2.24) is 19.7 Å². The Morgan fingerprint density at radius 1 is 1.07 bits per heavy atom. The number of ether oxygens (including phenoxy) is 1. The number of hydrogen-bond donors (Lipinski definition) is 1. The number of carbonyl (C=O) groups is 1. The number of nitrogens with one attached hydrogen (secondary N) is 1. The third-order valence-corrected chi connectivity index (χ3v) is 4.18. The van der Waals surface area contributed by atoms with Gasteiger partial charge in [-0.2, -0.15) is 5.10 Å². The quantitative estimate of drug-likeness (QED) is 0.579.